The molecule has 1 fully saturated rings. The van der Waals surface area contributed by atoms with Crippen molar-refractivity contribution >= 4 is 15.9 Å². The van der Waals surface area contributed by atoms with Gasteiger partial charge in [0, 0.05) is 31.6 Å². The zero-order valence-electron chi connectivity index (χ0n) is 18.1. The summed E-state index contributed by atoms with van der Waals surface area (Å²) in [5, 5.41) is 2.89. The maximum Gasteiger partial charge on any atom is 0.243 e. The summed E-state index contributed by atoms with van der Waals surface area (Å²) in [6.45, 7) is 1.47. The number of piperidine rings is 1. The van der Waals surface area contributed by atoms with Crippen LogP contribution in [0.15, 0.2) is 47.4 Å². The number of nitrogens with zero attached hydrogens (tertiary/aromatic N) is 1. The molecule has 0 aliphatic carbocycles. The van der Waals surface area contributed by atoms with Crippen LogP contribution in [0.5, 0.6) is 11.5 Å². The van der Waals surface area contributed by atoms with Crippen LogP contribution >= 0.6 is 0 Å². The molecule has 168 valence electrons. The number of hydrogen-bond donors (Lipinski definition) is 1. The Morgan fingerprint density at radius 3 is 2.35 bits per heavy atom. The van der Waals surface area contributed by atoms with E-state index in [-0.39, 0.29) is 17.2 Å². The number of benzene rings is 2. The van der Waals surface area contributed by atoms with Gasteiger partial charge in [0.15, 0.2) is 0 Å². The van der Waals surface area contributed by atoms with Gasteiger partial charge in [0.05, 0.1) is 19.1 Å². The number of methoxy groups -OCH3 is 2. The summed E-state index contributed by atoms with van der Waals surface area (Å²) < 4.78 is 38.2. The van der Waals surface area contributed by atoms with Crippen LogP contribution in [0.2, 0.25) is 0 Å². The lowest BCUT2D eigenvalue weighted by Gasteiger charge is -2.26. The van der Waals surface area contributed by atoms with E-state index >= 15 is 0 Å². The number of nitrogens with one attached hydrogen (secondary N) is 1. The van der Waals surface area contributed by atoms with Crippen molar-refractivity contribution in [3.8, 4) is 11.5 Å². The van der Waals surface area contributed by atoms with Crippen LogP contribution in [-0.4, -0.2) is 45.9 Å². The number of hydrogen-bond acceptors (Lipinski definition) is 5. The molecule has 3 rings (SSSR count). The molecule has 2 aromatic rings. The van der Waals surface area contributed by atoms with Gasteiger partial charge in [0.25, 0.3) is 0 Å². The van der Waals surface area contributed by atoms with Crippen molar-refractivity contribution in [1.82, 2.24) is 9.62 Å². The smallest absolute Gasteiger partial charge is 0.243 e. The molecule has 0 atom stereocenters. The zero-order valence-corrected chi connectivity index (χ0v) is 18.9. The molecular weight excluding hydrogens is 416 g/mol. The fraction of sp³-hybridized carbons (Fsp3) is 0.435. The predicted molar refractivity (Wildman–Crippen MR) is 119 cm³/mol. The molecular formula is C23H30N2O5S. The number of para-hydroxylation sites is 1. The van der Waals surface area contributed by atoms with Crippen LogP contribution in [0.3, 0.4) is 0 Å². The topological polar surface area (TPSA) is 84.9 Å². The minimum absolute atomic E-state index is 0.128. The van der Waals surface area contributed by atoms with Crippen molar-refractivity contribution < 1.29 is 22.7 Å². The molecule has 0 unspecified atom stereocenters. The van der Waals surface area contributed by atoms with E-state index in [1.807, 2.05) is 24.3 Å². The number of amides is 1. The average Bonchev–Trinajstić information content (AvgIpc) is 2.81. The van der Waals surface area contributed by atoms with Crippen LogP contribution in [-0.2, 0) is 27.8 Å². The fourth-order valence-corrected chi connectivity index (χ4v) is 5.31. The molecule has 0 bridgehead atoms. The molecule has 0 saturated carbocycles. The van der Waals surface area contributed by atoms with E-state index in [4.69, 9.17) is 9.47 Å². The summed E-state index contributed by atoms with van der Waals surface area (Å²) in [5.74, 6) is 1.17. The van der Waals surface area contributed by atoms with Gasteiger partial charge in [0.2, 0.25) is 15.9 Å². The first-order valence-electron chi connectivity index (χ1n) is 10.5. The van der Waals surface area contributed by atoms with Crippen molar-refractivity contribution in [2.75, 3.05) is 27.3 Å². The summed E-state index contributed by atoms with van der Waals surface area (Å²) in [5.41, 5.74) is 1.60. The first-order valence-corrected chi connectivity index (χ1v) is 12.0. The average molecular weight is 447 g/mol. The number of aryl methyl sites for hydroxylation is 1. The quantitative estimate of drug-likeness (QED) is 0.640. The van der Waals surface area contributed by atoms with Crippen LogP contribution < -0.4 is 14.8 Å². The van der Waals surface area contributed by atoms with Crippen molar-refractivity contribution in [3.05, 3.63) is 53.6 Å². The number of carbonyl (C=O) groups is 1. The van der Waals surface area contributed by atoms with E-state index in [0.29, 0.717) is 37.4 Å². The summed E-state index contributed by atoms with van der Waals surface area (Å²) in [4.78, 5) is 12.6. The number of rotatable bonds is 9. The maximum atomic E-state index is 13.0. The third-order valence-electron chi connectivity index (χ3n) is 5.49. The van der Waals surface area contributed by atoms with Gasteiger partial charge in [-0.2, -0.15) is 4.31 Å². The SMILES string of the molecule is COc1ccc(S(=O)(=O)N2CCCCC2)cc1CCC(=O)NCc1ccccc1OC. The van der Waals surface area contributed by atoms with Crippen molar-refractivity contribution in [3.63, 3.8) is 0 Å². The Morgan fingerprint density at radius 2 is 1.65 bits per heavy atom. The molecule has 0 radical (unpaired) electrons. The lowest BCUT2D eigenvalue weighted by Crippen LogP contribution is -2.35. The second-order valence-corrected chi connectivity index (χ2v) is 9.46. The number of carbonyl (C=O) groups excluding carboxylic acids is 1. The summed E-state index contributed by atoms with van der Waals surface area (Å²) in [7, 11) is -0.403. The molecule has 7 nitrogen and oxygen atoms in total. The largest absolute Gasteiger partial charge is 0.496 e. The minimum atomic E-state index is -3.54. The monoisotopic (exact) mass is 446 g/mol. The van der Waals surface area contributed by atoms with Gasteiger partial charge in [-0.15, -0.1) is 0 Å². The highest BCUT2D eigenvalue weighted by molar-refractivity contribution is 7.89. The van der Waals surface area contributed by atoms with Crippen LogP contribution in [0, 0.1) is 0 Å². The molecule has 0 spiro atoms. The van der Waals surface area contributed by atoms with Crippen molar-refractivity contribution in [2.24, 2.45) is 0 Å². The molecule has 0 aromatic heterocycles. The second-order valence-electron chi connectivity index (χ2n) is 7.53. The summed E-state index contributed by atoms with van der Waals surface area (Å²) >= 11 is 0. The third kappa shape index (κ3) is 5.77. The van der Waals surface area contributed by atoms with E-state index in [1.165, 1.54) is 0 Å². The Balaban J connectivity index is 1.66. The Bertz CT molecular complexity index is 1000. The molecule has 1 aliphatic heterocycles. The minimum Gasteiger partial charge on any atom is -0.496 e. The van der Waals surface area contributed by atoms with E-state index in [2.05, 4.69) is 5.32 Å². The predicted octanol–water partition coefficient (Wildman–Crippen LogP) is 3.13. The van der Waals surface area contributed by atoms with Crippen molar-refractivity contribution in [1.29, 1.82) is 0 Å². The van der Waals surface area contributed by atoms with Gasteiger partial charge >= 0.3 is 0 Å². The molecule has 1 aliphatic rings. The van der Waals surface area contributed by atoms with Crippen LogP contribution in [0.4, 0.5) is 0 Å². The fourth-order valence-electron chi connectivity index (χ4n) is 3.74. The van der Waals surface area contributed by atoms with Gasteiger partial charge < -0.3 is 14.8 Å². The molecule has 31 heavy (non-hydrogen) atoms. The van der Waals surface area contributed by atoms with Gasteiger partial charge in [-0.25, -0.2) is 8.42 Å². The normalized spacial score (nSPS) is 14.8. The maximum absolute atomic E-state index is 13.0. The zero-order chi connectivity index (χ0) is 22.3. The summed E-state index contributed by atoms with van der Waals surface area (Å²) in [6.07, 6.45) is 3.43. The highest BCUT2D eigenvalue weighted by Crippen LogP contribution is 2.27. The molecule has 8 heteroatoms. The third-order valence-corrected chi connectivity index (χ3v) is 7.39. The molecule has 1 N–H and O–H groups in total. The highest BCUT2D eigenvalue weighted by atomic mass is 32.2. The summed E-state index contributed by atoms with van der Waals surface area (Å²) in [6, 6.07) is 12.4. The van der Waals surface area contributed by atoms with E-state index in [9.17, 15) is 13.2 Å². The first kappa shape index (κ1) is 23.1. The Kier molecular flexibility index (Phi) is 7.92. The standard InChI is InChI=1S/C23H30N2O5S/c1-29-21-9-5-4-8-19(21)17-24-23(26)13-10-18-16-20(11-12-22(18)30-2)31(27,28)25-14-6-3-7-15-25/h4-5,8-9,11-12,16H,3,6-7,10,13-15,17H2,1-2H3,(H,24,26). The lowest BCUT2D eigenvalue weighted by molar-refractivity contribution is -0.121. The van der Waals surface area contributed by atoms with Gasteiger partial charge in [0.1, 0.15) is 11.5 Å². The number of sulfonamides is 1. The van der Waals surface area contributed by atoms with E-state index < -0.39 is 10.0 Å². The van der Waals surface area contributed by atoms with Crippen LogP contribution in [0.1, 0.15) is 36.8 Å². The highest BCUT2D eigenvalue weighted by Gasteiger charge is 2.26. The van der Waals surface area contributed by atoms with Gasteiger partial charge in [-0.05, 0) is 49.1 Å². The molecule has 1 amide bonds. The lowest BCUT2D eigenvalue weighted by atomic mass is 10.1. The molecule has 1 saturated heterocycles. The Morgan fingerprint density at radius 1 is 0.968 bits per heavy atom. The van der Waals surface area contributed by atoms with E-state index in [0.717, 1.165) is 30.6 Å². The number of ether oxygens (including phenoxy) is 2. The van der Waals surface area contributed by atoms with Crippen molar-refractivity contribution in [2.45, 2.75) is 43.5 Å². The Labute approximate surface area is 184 Å². The molecule has 2 aromatic carbocycles. The van der Waals surface area contributed by atoms with Gasteiger partial charge in [-0.1, -0.05) is 24.6 Å². The second kappa shape index (κ2) is 10.6. The van der Waals surface area contributed by atoms with E-state index in [1.54, 1.807) is 36.7 Å². The van der Waals surface area contributed by atoms with Crippen LogP contribution in [0.25, 0.3) is 0 Å². The molecule has 1 heterocycles. The van der Waals surface area contributed by atoms with Gasteiger partial charge in [-0.3, -0.25) is 4.79 Å². The Hall–Kier alpha value is -2.58. The first-order chi connectivity index (χ1) is 15.0.